The first kappa shape index (κ1) is 21.0. The molecule has 1 aliphatic heterocycles. The highest BCUT2D eigenvalue weighted by atomic mass is 32.1. The van der Waals surface area contributed by atoms with Gasteiger partial charge in [0.15, 0.2) is 0 Å². The second-order valence-electron chi connectivity index (χ2n) is 7.61. The summed E-state index contributed by atoms with van der Waals surface area (Å²) in [5.74, 6) is 0.494. The van der Waals surface area contributed by atoms with Gasteiger partial charge < -0.3 is 9.64 Å². The fraction of sp³-hybridized carbons (Fsp3) is 0.304. The topological polar surface area (TPSA) is 84.4 Å². The molecule has 0 unspecified atom stereocenters. The lowest BCUT2D eigenvalue weighted by Gasteiger charge is -2.17. The number of anilines is 2. The predicted octanol–water partition coefficient (Wildman–Crippen LogP) is 4.33. The lowest BCUT2D eigenvalue weighted by molar-refractivity contribution is -0.117. The highest BCUT2D eigenvalue weighted by Gasteiger charge is 2.34. The van der Waals surface area contributed by atoms with Crippen LogP contribution in [-0.2, 0) is 4.79 Å². The highest BCUT2D eigenvalue weighted by Crippen LogP contribution is 2.35. The van der Waals surface area contributed by atoms with Gasteiger partial charge in [-0.1, -0.05) is 17.4 Å². The Morgan fingerprint density at radius 3 is 2.55 bits per heavy atom. The molecule has 8 heteroatoms. The number of nitrogens with zero attached hydrogens (tertiary/aromatic N) is 3. The Bertz CT molecular complexity index is 1090. The number of hydrogen-bond acceptors (Lipinski definition) is 6. The maximum absolute atomic E-state index is 12.6. The third kappa shape index (κ3) is 4.74. The summed E-state index contributed by atoms with van der Waals surface area (Å²) in [4.78, 5) is 26.9. The van der Waals surface area contributed by atoms with Crippen LogP contribution in [0, 0.1) is 13.8 Å². The molecule has 160 valence electrons. The van der Waals surface area contributed by atoms with E-state index < -0.39 is 0 Å². The van der Waals surface area contributed by atoms with E-state index in [2.05, 4.69) is 21.6 Å². The summed E-state index contributed by atoms with van der Waals surface area (Å²) in [6.07, 6.45) is 0.383. The van der Waals surface area contributed by atoms with Gasteiger partial charge in [-0.25, -0.2) is 0 Å². The van der Waals surface area contributed by atoms with Gasteiger partial charge >= 0.3 is 0 Å². The zero-order chi connectivity index (χ0) is 22.0. The molecule has 3 aromatic rings. The van der Waals surface area contributed by atoms with Crippen LogP contribution in [0.15, 0.2) is 42.5 Å². The molecule has 1 fully saturated rings. The summed E-state index contributed by atoms with van der Waals surface area (Å²) in [6, 6.07) is 13.1. The number of nitrogens with one attached hydrogen (secondary N) is 1. The average molecular weight is 437 g/mol. The maximum Gasteiger partial charge on any atom is 0.257 e. The molecule has 0 spiro atoms. The second kappa shape index (κ2) is 8.85. The zero-order valence-electron chi connectivity index (χ0n) is 17.7. The first-order valence-electron chi connectivity index (χ1n) is 10.2. The minimum atomic E-state index is -0.259. The third-order valence-corrected chi connectivity index (χ3v) is 6.08. The van der Waals surface area contributed by atoms with Crippen LogP contribution in [-0.4, -0.2) is 35.2 Å². The molecule has 0 radical (unpaired) electrons. The van der Waals surface area contributed by atoms with Crippen LogP contribution in [0.25, 0.3) is 0 Å². The lowest BCUT2D eigenvalue weighted by atomic mass is 10.1. The largest absolute Gasteiger partial charge is 0.494 e. The van der Waals surface area contributed by atoms with Crippen LogP contribution >= 0.6 is 11.3 Å². The standard InChI is InChI=1S/C23H24N4O3S/c1-4-30-19-7-5-16(6-8-19)21(29)24-23-26-25-22(31-23)17-12-20(28)27(13-17)18-10-14(2)9-15(3)11-18/h5-11,17H,4,12-13H2,1-3H3,(H,24,26,29)/t17-/m0/s1. The van der Waals surface area contributed by atoms with Gasteiger partial charge in [-0.3, -0.25) is 14.9 Å². The van der Waals surface area contributed by atoms with Crippen LogP contribution in [0.3, 0.4) is 0 Å². The number of amides is 2. The van der Waals surface area contributed by atoms with E-state index in [0.717, 1.165) is 27.6 Å². The number of hydrogen-bond donors (Lipinski definition) is 1. The Morgan fingerprint density at radius 1 is 1.16 bits per heavy atom. The molecule has 31 heavy (non-hydrogen) atoms. The van der Waals surface area contributed by atoms with E-state index in [1.165, 1.54) is 11.3 Å². The van der Waals surface area contributed by atoms with Gasteiger partial charge in [0.05, 0.1) is 6.61 Å². The zero-order valence-corrected chi connectivity index (χ0v) is 18.5. The van der Waals surface area contributed by atoms with Gasteiger partial charge in [0.2, 0.25) is 11.0 Å². The van der Waals surface area contributed by atoms with Crippen molar-refractivity contribution in [2.45, 2.75) is 33.1 Å². The van der Waals surface area contributed by atoms with Crippen molar-refractivity contribution < 1.29 is 14.3 Å². The molecule has 1 N–H and O–H groups in total. The predicted molar refractivity (Wildman–Crippen MR) is 121 cm³/mol. The van der Waals surface area contributed by atoms with E-state index >= 15 is 0 Å². The number of ether oxygens (including phenoxy) is 1. The Morgan fingerprint density at radius 2 is 1.87 bits per heavy atom. The molecule has 1 aromatic heterocycles. The van der Waals surface area contributed by atoms with Crippen molar-refractivity contribution in [1.29, 1.82) is 0 Å². The number of carbonyl (C=O) groups is 2. The lowest BCUT2D eigenvalue weighted by Crippen LogP contribution is -2.24. The molecule has 1 atom stereocenters. The summed E-state index contributed by atoms with van der Waals surface area (Å²) in [5, 5.41) is 12.3. The molecule has 2 aromatic carbocycles. The first-order chi connectivity index (χ1) is 14.9. The van der Waals surface area contributed by atoms with Crippen molar-refractivity contribution in [1.82, 2.24) is 10.2 Å². The van der Waals surface area contributed by atoms with Crippen LogP contribution < -0.4 is 15.0 Å². The van der Waals surface area contributed by atoms with E-state index in [4.69, 9.17) is 4.74 Å². The monoisotopic (exact) mass is 436 g/mol. The summed E-state index contributed by atoms with van der Waals surface area (Å²) in [6.45, 7) is 7.09. The van der Waals surface area contributed by atoms with Crippen LogP contribution in [0.1, 0.15) is 45.8 Å². The SMILES string of the molecule is CCOc1ccc(C(=O)Nc2nnc([C@H]3CC(=O)N(c4cc(C)cc(C)c4)C3)s2)cc1. The summed E-state index contributed by atoms with van der Waals surface area (Å²) < 4.78 is 5.40. The third-order valence-electron chi connectivity index (χ3n) is 5.08. The molecular weight excluding hydrogens is 412 g/mol. The molecule has 1 saturated heterocycles. The molecule has 2 heterocycles. The average Bonchev–Trinajstić information content (AvgIpc) is 3.34. The Balaban J connectivity index is 1.42. The Kier molecular flexibility index (Phi) is 5.99. The number of carbonyl (C=O) groups excluding carboxylic acids is 2. The molecule has 0 bridgehead atoms. The van der Waals surface area contributed by atoms with Gasteiger partial charge in [0.1, 0.15) is 10.8 Å². The Hall–Kier alpha value is -3.26. The van der Waals surface area contributed by atoms with Gasteiger partial charge in [0, 0.05) is 30.1 Å². The van der Waals surface area contributed by atoms with Crippen molar-refractivity contribution in [2.75, 3.05) is 23.4 Å². The molecular formula is C23H24N4O3S. The van der Waals surface area contributed by atoms with E-state index in [0.29, 0.717) is 30.3 Å². The summed E-state index contributed by atoms with van der Waals surface area (Å²) >= 11 is 1.31. The van der Waals surface area contributed by atoms with E-state index in [-0.39, 0.29) is 17.7 Å². The summed E-state index contributed by atoms with van der Waals surface area (Å²) in [7, 11) is 0. The fourth-order valence-corrected chi connectivity index (χ4v) is 4.55. The van der Waals surface area contributed by atoms with Crippen molar-refractivity contribution in [2.24, 2.45) is 0 Å². The van der Waals surface area contributed by atoms with Gasteiger partial charge in [0.25, 0.3) is 5.91 Å². The quantitative estimate of drug-likeness (QED) is 0.622. The fourth-order valence-electron chi connectivity index (χ4n) is 3.72. The van der Waals surface area contributed by atoms with E-state index in [1.54, 1.807) is 24.3 Å². The molecule has 0 saturated carbocycles. The van der Waals surface area contributed by atoms with E-state index in [9.17, 15) is 9.59 Å². The second-order valence-corrected chi connectivity index (χ2v) is 8.62. The smallest absolute Gasteiger partial charge is 0.257 e. The number of aromatic nitrogens is 2. The maximum atomic E-state index is 12.6. The van der Waals surface area contributed by atoms with Crippen LogP contribution in [0.4, 0.5) is 10.8 Å². The minimum absolute atomic E-state index is 0.0399. The van der Waals surface area contributed by atoms with Gasteiger partial charge in [-0.2, -0.15) is 0 Å². The van der Waals surface area contributed by atoms with Crippen molar-refractivity contribution in [3.8, 4) is 5.75 Å². The van der Waals surface area contributed by atoms with Crippen LogP contribution in [0.5, 0.6) is 5.75 Å². The highest BCUT2D eigenvalue weighted by molar-refractivity contribution is 7.15. The Labute approximate surface area is 185 Å². The van der Waals surface area contributed by atoms with Crippen molar-refractivity contribution in [3.63, 3.8) is 0 Å². The molecule has 2 amide bonds. The van der Waals surface area contributed by atoms with Gasteiger partial charge in [-0.15, -0.1) is 10.2 Å². The summed E-state index contributed by atoms with van der Waals surface area (Å²) in [5.41, 5.74) is 3.68. The minimum Gasteiger partial charge on any atom is -0.494 e. The van der Waals surface area contributed by atoms with E-state index in [1.807, 2.05) is 37.8 Å². The first-order valence-corrected chi connectivity index (χ1v) is 11.0. The van der Waals surface area contributed by atoms with Gasteiger partial charge in [-0.05, 0) is 68.3 Å². The number of aryl methyl sites for hydroxylation is 2. The van der Waals surface area contributed by atoms with Crippen molar-refractivity contribution >= 4 is 34.0 Å². The number of benzene rings is 2. The van der Waals surface area contributed by atoms with Crippen molar-refractivity contribution in [3.05, 3.63) is 64.2 Å². The molecule has 0 aliphatic carbocycles. The molecule has 1 aliphatic rings. The number of rotatable bonds is 6. The molecule has 7 nitrogen and oxygen atoms in total. The molecule has 4 rings (SSSR count). The normalized spacial score (nSPS) is 15.9. The van der Waals surface area contributed by atoms with Crippen LogP contribution in [0.2, 0.25) is 0 Å².